The lowest BCUT2D eigenvalue weighted by molar-refractivity contribution is 0.126. The first-order valence-electron chi connectivity index (χ1n) is 3.62. The van der Waals surface area contributed by atoms with Crippen LogP contribution in [-0.4, -0.2) is 11.5 Å². The molecular formula is C9H10ClIO. The molecule has 66 valence electrons. The van der Waals surface area contributed by atoms with Crippen molar-refractivity contribution in [2.75, 3.05) is 11.5 Å². The summed E-state index contributed by atoms with van der Waals surface area (Å²) in [5, 5.41) is 0.779. The topological polar surface area (TPSA) is 9.23 Å². The number of methoxy groups -OCH3 is 1. The summed E-state index contributed by atoms with van der Waals surface area (Å²) in [5.74, 6) is 0. The zero-order valence-corrected chi connectivity index (χ0v) is 9.67. The molecule has 0 saturated carbocycles. The Morgan fingerprint density at radius 3 is 2.67 bits per heavy atom. The SMILES string of the molecule is COC(CI)c1ccccc1Cl. The Labute approximate surface area is 91.2 Å². The lowest BCUT2D eigenvalue weighted by Crippen LogP contribution is -2.02. The number of rotatable bonds is 3. The van der Waals surface area contributed by atoms with Gasteiger partial charge in [0, 0.05) is 22.1 Å². The summed E-state index contributed by atoms with van der Waals surface area (Å²) in [6.45, 7) is 0. The second kappa shape index (κ2) is 5.04. The van der Waals surface area contributed by atoms with Crippen molar-refractivity contribution in [3.05, 3.63) is 34.9 Å². The van der Waals surface area contributed by atoms with Gasteiger partial charge >= 0.3 is 0 Å². The molecule has 12 heavy (non-hydrogen) atoms. The van der Waals surface area contributed by atoms with Crippen LogP contribution in [0.4, 0.5) is 0 Å². The number of hydrogen-bond donors (Lipinski definition) is 0. The van der Waals surface area contributed by atoms with Gasteiger partial charge in [0.05, 0.1) is 6.10 Å². The lowest BCUT2D eigenvalue weighted by atomic mass is 10.1. The number of alkyl halides is 1. The first-order valence-corrected chi connectivity index (χ1v) is 5.53. The summed E-state index contributed by atoms with van der Waals surface area (Å²) >= 11 is 8.28. The van der Waals surface area contributed by atoms with E-state index in [2.05, 4.69) is 22.6 Å². The highest BCUT2D eigenvalue weighted by molar-refractivity contribution is 14.1. The molecule has 0 fully saturated rings. The molecule has 0 aliphatic rings. The van der Waals surface area contributed by atoms with Gasteiger partial charge in [-0.2, -0.15) is 0 Å². The maximum absolute atomic E-state index is 5.99. The normalized spacial score (nSPS) is 12.9. The van der Waals surface area contributed by atoms with Crippen LogP contribution in [0.5, 0.6) is 0 Å². The Morgan fingerprint density at radius 1 is 1.50 bits per heavy atom. The van der Waals surface area contributed by atoms with Gasteiger partial charge in [-0.25, -0.2) is 0 Å². The van der Waals surface area contributed by atoms with Gasteiger partial charge in [0.15, 0.2) is 0 Å². The Hall–Kier alpha value is 0.200. The van der Waals surface area contributed by atoms with E-state index in [0.29, 0.717) is 0 Å². The van der Waals surface area contributed by atoms with Gasteiger partial charge in [0.25, 0.3) is 0 Å². The molecular weight excluding hydrogens is 286 g/mol. The third kappa shape index (κ3) is 2.34. The summed E-state index contributed by atoms with van der Waals surface area (Å²) < 4.78 is 6.19. The molecule has 0 bridgehead atoms. The Kier molecular flexibility index (Phi) is 4.32. The second-order valence-corrected chi connectivity index (χ2v) is 3.69. The van der Waals surface area contributed by atoms with Crippen molar-refractivity contribution in [3.8, 4) is 0 Å². The average molecular weight is 297 g/mol. The highest BCUT2D eigenvalue weighted by atomic mass is 127. The van der Waals surface area contributed by atoms with Gasteiger partial charge < -0.3 is 4.74 Å². The fraction of sp³-hybridized carbons (Fsp3) is 0.333. The standard InChI is InChI=1S/C9H10ClIO/c1-12-9(6-11)7-4-2-3-5-8(7)10/h2-5,9H,6H2,1H3. The minimum absolute atomic E-state index is 0.110. The summed E-state index contributed by atoms with van der Waals surface area (Å²) in [6.07, 6.45) is 0.110. The highest BCUT2D eigenvalue weighted by Crippen LogP contribution is 2.26. The third-order valence-corrected chi connectivity index (χ3v) is 2.82. The van der Waals surface area contributed by atoms with Crippen LogP contribution in [0, 0.1) is 0 Å². The lowest BCUT2D eigenvalue weighted by Gasteiger charge is -2.13. The minimum atomic E-state index is 0.110. The fourth-order valence-corrected chi connectivity index (χ4v) is 2.10. The first-order chi connectivity index (χ1) is 5.79. The van der Waals surface area contributed by atoms with Crippen molar-refractivity contribution in [2.24, 2.45) is 0 Å². The van der Waals surface area contributed by atoms with E-state index in [-0.39, 0.29) is 6.10 Å². The van der Waals surface area contributed by atoms with Crippen molar-refractivity contribution in [2.45, 2.75) is 6.10 Å². The molecule has 1 nitrogen and oxygen atoms in total. The van der Waals surface area contributed by atoms with Gasteiger partial charge in [0.2, 0.25) is 0 Å². The van der Waals surface area contributed by atoms with E-state index in [0.717, 1.165) is 15.0 Å². The summed E-state index contributed by atoms with van der Waals surface area (Å²) in [7, 11) is 1.70. The van der Waals surface area contributed by atoms with E-state index < -0.39 is 0 Å². The monoisotopic (exact) mass is 296 g/mol. The van der Waals surface area contributed by atoms with Gasteiger partial charge in [0.1, 0.15) is 0 Å². The second-order valence-electron chi connectivity index (χ2n) is 2.40. The molecule has 1 unspecified atom stereocenters. The van der Waals surface area contributed by atoms with Crippen LogP contribution < -0.4 is 0 Å². The Balaban J connectivity index is 2.92. The minimum Gasteiger partial charge on any atom is -0.376 e. The van der Waals surface area contributed by atoms with Gasteiger partial charge in [-0.15, -0.1) is 0 Å². The Bertz CT molecular complexity index is 248. The molecule has 0 radical (unpaired) electrons. The maximum Gasteiger partial charge on any atom is 0.0924 e. The van der Waals surface area contributed by atoms with Crippen molar-refractivity contribution in [1.82, 2.24) is 0 Å². The van der Waals surface area contributed by atoms with Crippen LogP contribution in [0.1, 0.15) is 11.7 Å². The van der Waals surface area contributed by atoms with E-state index in [4.69, 9.17) is 16.3 Å². The van der Waals surface area contributed by atoms with Crippen LogP contribution in [0.3, 0.4) is 0 Å². The van der Waals surface area contributed by atoms with Crippen molar-refractivity contribution in [3.63, 3.8) is 0 Å². The van der Waals surface area contributed by atoms with Crippen molar-refractivity contribution in [1.29, 1.82) is 0 Å². The van der Waals surface area contributed by atoms with Crippen LogP contribution >= 0.6 is 34.2 Å². The van der Waals surface area contributed by atoms with E-state index in [1.165, 1.54) is 0 Å². The van der Waals surface area contributed by atoms with Crippen LogP contribution in [0.25, 0.3) is 0 Å². The van der Waals surface area contributed by atoms with Crippen LogP contribution in [-0.2, 0) is 4.74 Å². The van der Waals surface area contributed by atoms with Gasteiger partial charge in [-0.3, -0.25) is 0 Å². The number of hydrogen-bond acceptors (Lipinski definition) is 1. The molecule has 1 aromatic carbocycles. The number of halogens is 2. The predicted octanol–water partition coefficient (Wildman–Crippen LogP) is 3.46. The molecule has 1 aromatic rings. The smallest absolute Gasteiger partial charge is 0.0924 e. The molecule has 0 amide bonds. The van der Waals surface area contributed by atoms with Crippen LogP contribution in [0.15, 0.2) is 24.3 Å². The predicted molar refractivity (Wildman–Crippen MR) is 60.1 cm³/mol. The molecule has 0 aromatic heterocycles. The molecule has 3 heteroatoms. The highest BCUT2D eigenvalue weighted by Gasteiger charge is 2.10. The molecule has 0 aliphatic carbocycles. The first kappa shape index (κ1) is 10.3. The summed E-state index contributed by atoms with van der Waals surface area (Å²) in [4.78, 5) is 0. The van der Waals surface area contributed by atoms with E-state index >= 15 is 0 Å². The Morgan fingerprint density at radius 2 is 2.17 bits per heavy atom. The zero-order chi connectivity index (χ0) is 8.97. The quantitative estimate of drug-likeness (QED) is 0.613. The average Bonchev–Trinajstić information content (AvgIpc) is 2.10. The molecule has 0 aliphatic heterocycles. The zero-order valence-electron chi connectivity index (χ0n) is 6.76. The largest absolute Gasteiger partial charge is 0.376 e. The molecule has 1 atom stereocenters. The summed E-state index contributed by atoms with van der Waals surface area (Å²) in [6, 6.07) is 7.77. The van der Waals surface area contributed by atoms with E-state index in [9.17, 15) is 0 Å². The number of ether oxygens (including phenoxy) is 1. The fourth-order valence-electron chi connectivity index (χ4n) is 1.01. The van der Waals surface area contributed by atoms with Crippen molar-refractivity contribution >= 4 is 34.2 Å². The maximum atomic E-state index is 5.99. The van der Waals surface area contributed by atoms with Crippen molar-refractivity contribution < 1.29 is 4.74 Å². The van der Waals surface area contributed by atoms with Gasteiger partial charge in [-0.1, -0.05) is 52.4 Å². The summed E-state index contributed by atoms with van der Waals surface area (Å²) in [5.41, 5.74) is 1.07. The van der Waals surface area contributed by atoms with E-state index in [1.807, 2.05) is 24.3 Å². The molecule has 0 spiro atoms. The number of benzene rings is 1. The van der Waals surface area contributed by atoms with E-state index in [1.54, 1.807) is 7.11 Å². The third-order valence-electron chi connectivity index (χ3n) is 1.68. The van der Waals surface area contributed by atoms with Crippen LogP contribution in [0.2, 0.25) is 5.02 Å². The molecule has 0 saturated heterocycles. The van der Waals surface area contributed by atoms with Gasteiger partial charge in [-0.05, 0) is 6.07 Å². The molecule has 1 rings (SSSR count). The molecule has 0 N–H and O–H groups in total. The molecule has 0 heterocycles.